The van der Waals surface area contributed by atoms with Gasteiger partial charge in [-0.1, -0.05) is 18.3 Å². The van der Waals surface area contributed by atoms with E-state index in [0.29, 0.717) is 5.69 Å². The van der Waals surface area contributed by atoms with Crippen molar-refractivity contribution in [2.24, 2.45) is 5.73 Å². The quantitative estimate of drug-likeness (QED) is 0.820. The van der Waals surface area contributed by atoms with E-state index in [1.807, 2.05) is 38.1 Å². The SMILES string of the molecule is CC(C)Oc1ccc(Nc2cccc(F)c2C(N)=S)cc1. The van der Waals surface area contributed by atoms with Gasteiger partial charge in [-0.2, -0.15) is 0 Å². The molecule has 0 amide bonds. The van der Waals surface area contributed by atoms with E-state index in [0.717, 1.165) is 11.4 Å². The highest BCUT2D eigenvalue weighted by Gasteiger charge is 2.11. The summed E-state index contributed by atoms with van der Waals surface area (Å²) in [6, 6.07) is 12.1. The van der Waals surface area contributed by atoms with Gasteiger partial charge in [0.1, 0.15) is 16.6 Å². The third-order valence-electron chi connectivity index (χ3n) is 2.77. The standard InChI is InChI=1S/C16H17FN2OS/c1-10(2)20-12-8-6-11(7-9-12)19-14-5-3-4-13(17)15(14)16(18)21/h3-10,19H,1-2H3,(H2,18,21). The highest BCUT2D eigenvalue weighted by molar-refractivity contribution is 7.80. The van der Waals surface area contributed by atoms with Crippen LogP contribution in [0.2, 0.25) is 0 Å². The summed E-state index contributed by atoms with van der Waals surface area (Å²) in [6.45, 7) is 3.93. The van der Waals surface area contributed by atoms with E-state index in [4.69, 9.17) is 22.7 Å². The number of hydrogen-bond acceptors (Lipinski definition) is 3. The van der Waals surface area contributed by atoms with Gasteiger partial charge in [0.15, 0.2) is 0 Å². The van der Waals surface area contributed by atoms with E-state index in [9.17, 15) is 4.39 Å². The van der Waals surface area contributed by atoms with Crippen LogP contribution in [0.5, 0.6) is 5.75 Å². The first kappa shape index (κ1) is 15.3. The molecule has 0 radical (unpaired) electrons. The molecule has 0 unspecified atom stereocenters. The average molecular weight is 304 g/mol. The van der Waals surface area contributed by atoms with Crippen LogP contribution in [0.1, 0.15) is 19.4 Å². The maximum Gasteiger partial charge on any atom is 0.135 e. The molecule has 3 nitrogen and oxygen atoms in total. The van der Waals surface area contributed by atoms with Gasteiger partial charge in [0.2, 0.25) is 0 Å². The summed E-state index contributed by atoms with van der Waals surface area (Å²) in [5.74, 6) is 0.344. The van der Waals surface area contributed by atoms with Crippen LogP contribution < -0.4 is 15.8 Å². The first-order valence-electron chi connectivity index (χ1n) is 6.59. The molecule has 0 bridgehead atoms. The van der Waals surface area contributed by atoms with Crippen molar-refractivity contribution in [3.8, 4) is 5.75 Å². The summed E-state index contributed by atoms with van der Waals surface area (Å²) < 4.78 is 19.4. The number of nitrogens with two attached hydrogens (primary N) is 1. The van der Waals surface area contributed by atoms with E-state index < -0.39 is 5.82 Å². The molecule has 5 heteroatoms. The molecule has 0 heterocycles. The Morgan fingerprint density at radius 2 is 1.86 bits per heavy atom. The normalized spacial score (nSPS) is 10.5. The summed E-state index contributed by atoms with van der Waals surface area (Å²) >= 11 is 4.90. The highest BCUT2D eigenvalue weighted by Crippen LogP contribution is 2.25. The molecule has 110 valence electrons. The minimum absolute atomic E-state index is 0.0235. The fraction of sp³-hybridized carbons (Fsp3) is 0.188. The van der Waals surface area contributed by atoms with E-state index in [1.165, 1.54) is 6.07 Å². The van der Waals surface area contributed by atoms with Crippen molar-refractivity contribution in [3.05, 3.63) is 53.8 Å². The van der Waals surface area contributed by atoms with Crippen LogP contribution in [0, 0.1) is 5.82 Å². The molecular formula is C16H17FN2OS. The molecule has 0 saturated heterocycles. The van der Waals surface area contributed by atoms with Crippen LogP contribution >= 0.6 is 12.2 Å². The second-order valence-electron chi connectivity index (χ2n) is 4.84. The van der Waals surface area contributed by atoms with Crippen molar-refractivity contribution in [2.45, 2.75) is 20.0 Å². The zero-order chi connectivity index (χ0) is 15.4. The van der Waals surface area contributed by atoms with E-state index >= 15 is 0 Å². The predicted octanol–water partition coefficient (Wildman–Crippen LogP) is 3.99. The molecule has 0 aliphatic rings. The van der Waals surface area contributed by atoms with Crippen molar-refractivity contribution in [3.63, 3.8) is 0 Å². The second kappa shape index (κ2) is 6.54. The monoisotopic (exact) mass is 304 g/mol. The Morgan fingerprint density at radius 3 is 2.43 bits per heavy atom. The summed E-state index contributed by atoms with van der Waals surface area (Å²) in [5, 5.41) is 3.11. The van der Waals surface area contributed by atoms with Crippen LogP contribution in [-0.2, 0) is 0 Å². The largest absolute Gasteiger partial charge is 0.491 e. The number of halogens is 1. The Hall–Kier alpha value is -2.14. The van der Waals surface area contributed by atoms with E-state index in [2.05, 4.69) is 5.32 Å². The van der Waals surface area contributed by atoms with Crippen molar-refractivity contribution in [1.29, 1.82) is 0 Å². The lowest BCUT2D eigenvalue weighted by atomic mass is 10.1. The van der Waals surface area contributed by atoms with Gasteiger partial charge in [-0.15, -0.1) is 0 Å². The summed E-state index contributed by atoms with van der Waals surface area (Å²) in [7, 11) is 0. The van der Waals surface area contributed by atoms with Gasteiger partial charge in [0.05, 0.1) is 17.4 Å². The molecule has 0 atom stereocenters. The van der Waals surface area contributed by atoms with Crippen LogP contribution in [0.15, 0.2) is 42.5 Å². The zero-order valence-electron chi connectivity index (χ0n) is 11.9. The van der Waals surface area contributed by atoms with E-state index in [-0.39, 0.29) is 16.7 Å². The van der Waals surface area contributed by atoms with Gasteiger partial charge in [0, 0.05) is 5.69 Å². The van der Waals surface area contributed by atoms with Crippen molar-refractivity contribution >= 4 is 28.6 Å². The van der Waals surface area contributed by atoms with E-state index in [1.54, 1.807) is 12.1 Å². The van der Waals surface area contributed by atoms with Crippen LogP contribution in [-0.4, -0.2) is 11.1 Å². The fourth-order valence-electron chi connectivity index (χ4n) is 1.92. The number of anilines is 2. The zero-order valence-corrected chi connectivity index (χ0v) is 12.7. The Bertz CT molecular complexity index is 641. The first-order valence-corrected chi connectivity index (χ1v) is 7.00. The third-order valence-corrected chi connectivity index (χ3v) is 2.97. The number of rotatable bonds is 5. The predicted molar refractivity (Wildman–Crippen MR) is 87.8 cm³/mol. The van der Waals surface area contributed by atoms with Gasteiger partial charge >= 0.3 is 0 Å². The summed E-state index contributed by atoms with van der Waals surface area (Å²) in [5.41, 5.74) is 7.14. The van der Waals surface area contributed by atoms with Gasteiger partial charge in [-0.3, -0.25) is 0 Å². The topological polar surface area (TPSA) is 47.3 Å². The second-order valence-corrected chi connectivity index (χ2v) is 5.28. The number of hydrogen-bond donors (Lipinski definition) is 2. The third kappa shape index (κ3) is 3.92. The number of ether oxygens (including phenoxy) is 1. The molecule has 2 aromatic carbocycles. The molecule has 21 heavy (non-hydrogen) atoms. The van der Waals surface area contributed by atoms with Crippen molar-refractivity contribution in [1.82, 2.24) is 0 Å². The minimum Gasteiger partial charge on any atom is -0.491 e. The lowest BCUT2D eigenvalue weighted by Gasteiger charge is -2.13. The van der Waals surface area contributed by atoms with Crippen molar-refractivity contribution < 1.29 is 9.13 Å². The Kier molecular flexibility index (Phi) is 4.75. The molecule has 2 aromatic rings. The molecule has 3 N–H and O–H groups in total. The molecule has 0 aliphatic heterocycles. The number of nitrogens with one attached hydrogen (secondary N) is 1. The molecular weight excluding hydrogens is 287 g/mol. The first-order chi connectivity index (χ1) is 9.97. The molecule has 0 saturated carbocycles. The molecule has 0 aromatic heterocycles. The molecule has 2 rings (SSSR count). The van der Waals surface area contributed by atoms with Gasteiger partial charge in [-0.25, -0.2) is 4.39 Å². The lowest BCUT2D eigenvalue weighted by molar-refractivity contribution is 0.242. The molecule has 0 aliphatic carbocycles. The molecule has 0 spiro atoms. The average Bonchev–Trinajstić information content (AvgIpc) is 2.40. The fourth-order valence-corrected chi connectivity index (χ4v) is 2.13. The Morgan fingerprint density at radius 1 is 1.19 bits per heavy atom. The van der Waals surface area contributed by atoms with Crippen LogP contribution in [0.4, 0.5) is 15.8 Å². The smallest absolute Gasteiger partial charge is 0.135 e. The Labute approximate surface area is 128 Å². The summed E-state index contributed by atoms with van der Waals surface area (Å²) in [4.78, 5) is 0.0235. The van der Waals surface area contributed by atoms with Gasteiger partial charge in [0.25, 0.3) is 0 Å². The Balaban J connectivity index is 2.22. The van der Waals surface area contributed by atoms with Gasteiger partial charge < -0.3 is 15.8 Å². The van der Waals surface area contributed by atoms with Gasteiger partial charge in [-0.05, 0) is 50.2 Å². The van der Waals surface area contributed by atoms with Crippen LogP contribution in [0.3, 0.4) is 0 Å². The minimum atomic E-state index is -0.438. The maximum atomic E-state index is 13.8. The lowest BCUT2D eigenvalue weighted by Crippen LogP contribution is -2.14. The maximum absolute atomic E-state index is 13.8. The highest BCUT2D eigenvalue weighted by atomic mass is 32.1. The number of thiocarbonyl (C=S) groups is 1. The number of benzene rings is 2. The van der Waals surface area contributed by atoms with Crippen LogP contribution in [0.25, 0.3) is 0 Å². The molecule has 0 fully saturated rings. The summed E-state index contributed by atoms with van der Waals surface area (Å²) in [6.07, 6.45) is 0.119. The van der Waals surface area contributed by atoms with Crippen molar-refractivity contribution in [2.75, 3.05) is 5.32 Å².